The van der Waals surface area contributed by atoms with Crippen LogP contribution in [-0.4, -0.2) is 62.7 Å². The van der Waals surface area contributed by atoms with Crippen molar-refractivity contribution in [2.45, 2.75) is 231 Å². The van der Waals surface area contributed by atoms with Crippen LogP contribution in [0.25, 0.3) is 0 Å². The lowest BCUT2D eigenvalue weighted by Gasteiger charge is -2.67. The highest BCUT2D eigenvalue weighted by atomic mass is 31.2. The molecule has 54 heavy (non-hydrogen) atoms. The van der Waals surface area contributed by atoms with E-state index in [4.69, 9.17) is 14.2 Å². The van der Waals surface area contributed by atoms with Crippen LogP contribution in [0.3, 0.4) is 0 Å². The van der Waals surface area contributed by atoms with E-state index in [1.165, 1.54) is 96.3 Å². The van der Waals surface area contributed by atoms with E-state index in [1.54, 1.807) is 0 Å². The van der Waals surface area contributed by atoms with Crippen LogP contribution in [0.4, 0.5) is 0 Å². The van der Waals surface area contributed by atoms with E-state index in [1.807, 2.05) is 0 Å². The Bertz CT molecular complexity index is 1180. The molecule has 6 unspecified atom stereocenters. The van der Waals surface area contributed by atoms with Crippen LogP contribution in [0.5, 0.6) is 0 Å². The summed E-state index contributed by atoms with van der Waals surface area (Å²) in [6, 6.07) is 0. The Kier molecular flexibility index (Phi) is 16.5. The zero-order valence-electron chi connectivity index (χ0n) is 35.3. The van der Waals surface area contributed by atoms with Crippen molar-refractivity contribution in [2.75, 3.05) is 13.2 Å². The average molecular weight is 783 g/mol. The van der Waals surface area contributed by atoms with Crippen molar-refractivity contribution in [1.82, 2.24) is 0 Å². The Hall–Kier alpha value is -0.0500. The first-order valence-electron chi connectivity index (χ1n) is 23.1. The van der Waals surface area contributed by atoms with Gasteiger partial charge < -0.3 is 34.2 Å². The molecule has 0 bridgehead atoms. The van der Waals surface area contributed by atoms with Gasteiger partial charge in [-0.25, -0.2) is 0 Å². The van der Waals surface area contributed by atoms with Gasteiger partial charge >= 0.3 is 7.60 Å². The second-order valence-corrected chi connectivity index (χ2v) is 21.6. The smallest absolute Gasteiger partial charge is 0.332 e. The van der Waals surface area contributed by atoms with Gasteiger partial charge in [0.2, 0.25) is 0 Å². The molecule has 0 aromatic rings. The van der Waals surface area contributed by atoms with Gasteiger partial charge in [0.1, 0.15) is 6.10 Å². The molecule has 1 saturated heterocycles. The average Bonchev–Trinajstić information content (AvgIpc) is 3.67. The molecular weight excluding hydrogens is 699 g/mol. The fourth-order valence-corrected chi connectivity index (χ4v) is 15.2. The summed E-state index contributed by atoms with van der Waals surface area (Å²) in [6.07, 6.45) is 25.5. The number of fused-ring (bicyclic) bond motifs is 5. The van der Waals surface area contributed by atoms with Crippen LogP contribution in [0.1, 0.15) is 202 Å². The predicted molar refractivity (Wildman–Crippen MR) is 217 cm³/mol. The minimum absolute atomic E-state index is 0.139. The van der Waals surface area contributed by atoms with Gasteiger partial charge in [0.15, 0.2) is 12.1 Å². The van der Waals surface area contributed by atoms with E-state index >= 15 is 0 Å². The molecule has 9 heteroatoms. The second kappa shape index (κ2) is 19.8. The minimum Gasteiger partial charge on any atom is -0.394 e. The molecule has 0 aromatic heterocycles. The summed E-state index contributed by atoms with van der Waals surface area (Å²) in [5, 5.41) is 19.1. The van der Waals surface area contributed by atoms with E-state index in [0.717, 1.165) is 50.4 Å². The van der Waals surface area contributed by atoms with Crippen molar-refractivity contribution in [2.24, 2.45) is 40.4 Å². The molecule has 316 valence electrons. The molecule has 0 spiro atoms. The highest BCUT2D eigenvalue weighted by Crippen LogP contribution is 2.77. The van der Waals surface area contributed by atoms with E-state index in [-0.39, 0.29) is 25.4 Å². The molecule has 0 radical (unpaired) electrons. The van der Waals surface area contributed by atoms with Gasteiger partial charge in [0.25, 0.3) is 0 Å². The molecule has 4 N–H and O–H groups in total. The maximum absolute atomic E-state index is 14.1. The first-order chi connectivity index (χ1) is 25.8. The molecule has 0 amide bonds. The number of ether oxygens (including phenoxy) is 3. The van der Waals surface area contributed by atoms with E-state index < -0.39 is 42.5 Å². The van der Waals surface area contributed by atoms with Crippen LogP contribution in [0.2, 0.25) is 0 Å². The van der Waals surface area contributed by atoms with Gasteiger partial charge in [-0.15, -0.1) is 0 Å². The summed E-state index contributed by atoms with van der Waals surface area (Å²) >= 11 is 0. The largest absolute Gasteiger partial charge is 0.394 e. The number of aliphatic hydroxyl groups excluding tert-OH is 2. The fraction of sp³-hybridized carbons (Fsp3) is 1.00. The quantitative estimate of drug-likeness (QED) is 0.0459. The van der Waals surface area contributed by atoms with Crippen LogP contribution in [-0.2, 0) is 18.8 Å². The van der Waals surface area contributed by atoms with Gasteiger partial charge in [-0.2, -0.15) is 0 Å². The van der Waals surface area contributed by atoms with Gasteiger partial charge in [0.05, 0.1) is 24.5 Å². The Morgan fingerprint density at radius 2 is 1.41 bits per heavy atom. The van der Waals surface area contributed by atoms with Crippen molar-refractivity contribution in [3.8, 4) is 0 Å². The molecule has 5 rings (SSSR count). The maximum atomic E-state index is 14.1. The number of unbranched alkanes of at least 4 members (excludes halogenated alkanes) is 13. The molecular formula is C45H83O8P. The Labute approximate surface area is 330 Å². The summed E-state index contributed by atoms with van der Waals surface area (Å²) in [5.41, 5.74) is -0.214. The normalized spacial score (nSPS) is 40.0. The number of rotatable bonds is 23. The van der Waals surface area contributed by atoms with Crippen molar-refractivity contribution in [3.05, 3.63) is 0 Å². The molecule has 1 aliphatic heterocycles. The highest BCUT2D eigenvalue weighted by Gasteiger charge is 2.72. The Morgan fingerprint density at radius 1 is 0.778 bits per heavy atom. The molecule has 4 saturated carbocycles. The van der Waals surface area contributed by atoms with Crippen LogP contribution < -0.4 is 0 Å². The lowest BCUT2D eigenvalue weighted by molar-refractivity contribution is -0.332. The molecule has 5 aliphatic rings. The SMILES string of the molecule is CCCCCCCCCCCCCCCCOC1(OC2C[C@H](O)[C@@H](CO)O2)CC[C@]2(C)C3CC[C@@]4(C)C(CC[C@@H]4[C@H](C)CCC)C3CCC2(P(=O)(O)O)C1. The number of aliphatic hydroxyl groups is 2. The van der Waals surface area contributed by atoms with E-state index in [0.29, 0.717) is 43.1 Å². The zero-order valence-corrected chi connectivity index (χ0v) is 36.2. The lowest BCUT2D eigenvalue weighted by atomic mass is 9.43. The number of hydrogen-bond donors (Lipinski definition) is 4. The summed E-state index contributed by atoms with van der Waals surface area (Å²) in [6.45, 7) is 12.0. The third kappa shape index (κ3) is 9.69. The summed E-state index contributed by atoms with van der Waals surface area (Å²) < 4.78 is 33.5. The highest BCUT2D eigenvalue weighted by molar-refractivity contribution is 7.53. The first kappa shape index (κ1) is 45.0. The van der Waals surface area contributed by atoms with Gasteiger partial charge in [-0.1, -0.05) is 131 Å². The Morgan fingerprint density at radius 3 is 1.98 bits per heavy atom. The van der Waals surface area contributed by atoms with Crippen LogP contribution >= 0.6 is 7.60 Å². The third-order valence-electron chi connectivity index (χ3n) is 16.4. The first-order valence-corrected chi connectivity index (χ1v) is 24.7. The van der Waals surface area contributed by atoms with Crippen molar-refractivity contribution in [3.63, 3.8) is 0 Å². The van der Waals surface area contributed by atoms with Crippen molar-refractivity contribution >= 4 is 7.60 Å². The minimum atomic E-state index is -4.62. The lowest BCUT2D eigenvalue weighted by Crippen LogP contribution is -2.65. The summed E-state index contributed by atoms with van der Waals surface area (Å²) in [4.78, 5) is 23.0. The monoisotopic (exact) mass is 783 g/mol. The van der Waals surface area contributed by atoms with E-state index in [2.05, 4.69) is 34.6 Å². The number of hydrogen-bond acceptors (Lipinski definition) is 6. The van der Waals surface area contributed by atoms with Crippen molar-refractivity contribution in [1.29, 1.82) is 0 Å². The zero-order chi connectivity index (χ0) is 39.0. The second-order valence-electron chi connectivity index (χ2n) is 19.6. The topological polar surface area (TPSA) is 126 Å². The van der Waals surface area contributed by atoms with Gasteiger partial charge in [-0.3, -0.25) is 4.57 Å². The van der Waals surface area contributed by atoms with Crippen molar-refractivity contribution < 1.29 is 38.8 Å². The Balaban J connectivity index is 1.22. The molecule has 5 fully saturated rings. The summed E-state index contributed by atoms with van der Waals surface area (Å²) in [7, 11) is -4.62. The van der Waals surface area contributed by atoms with Crippen LogP contribution in [0, 0.1) is 40.4 Å². The van der Waals surface area contributed by atoms with Gasteiger partial charge in [-0.05, 0) is 91.8 Å². The van der Waals surface area contributed by atoms with Crippen LogP contribution in [0.15, 0.2) is 0 Å². The molecule has 0 aromatic carbocycles. The fourth-order valence-electron chi connectivity index (χ4n) is 13.4. The molecule has 8 nitrogen and oxygen atoms in total. The standard InChI is InChI=1S/C45H83O8P/c1-6-8-9-10-11-12-13-14-15-16-17-18-19-20-30-51-45(53-41-31-39(47)40(32-46)52-41)29-28-43(5)38-25-26-42(4)36(34(3)21-7-2)22-23-37(42)35(38)24-27-44(43,33-45)54(48,49)50/h34-41,46-47H,6-33H2,1-5H3,(H2,48,49,50)/t34-,35?,36-,37?,38?,39+,40-,41?,42-,43-,44?,45?/m1/s1. The third-order valence-corrected chi connectivity index (χ3v) is 18.4. The van der Waals surface area contributed by atoms with Gasteiger partial charge in [0, 0.05) is 19.3 Å². The maximum Gasteiger partial charge on any atom is 0.332 e. The molecule has 4 aliphatic carbocycles. The summed E-state index contributed by atoms with van der Waals surface area (Å²) in [5.74, 6) is 1.64. The predicted octanol–water partition coefficient (Wildman–Crippen LogP) is 11.1. The molecule has 1 heterocycles. The molecule has 12 atom stereocenters. The van der Waals surface area contributed by atoms with E-state index in [9.17, 15) is 24.6 Å².